The van der Waals surface area contributed by atoms with Gasteiger partial charge in [0.15, 0.2) is 6.39 Å². The molecular formula is C20H27F2N3O3. The summed E-state index contributed by atoms with van der Waals surface area (Å²) in [6.07, 6.45) is 4.41. The van der Waals surface area contributed by atoms with Crippen molar-refractivity contribution >= 4 is 6.09 Å². The first-order valence-electron chi connectivity index (χ1n) is 9.27. The van der Waals surface area contributed by atoms with E-state index < -0.39 is 23.3 Å². The summed E-state index contributed by atoms with van der Waals surface area (Å²) in [5, 5.41) is 5.93. The van der Waals surface area contributed by atoms with Gasteiger partial charge in [0.05, 0.1) is 5.69 Å². The number of halogens is 2. The second-order valence-electron chi connectivity index (χ2n) is 7.50. The van der Waals surface area contributed by atoms with E-state index in [0.717, 1.165) is 12.5 Å². The van der Waals surface area contributed by atoms with Gasteiger partial charge >= 0.3 is 6.09 Å². The summed E-state index contributed by atoms with van der Waals surface area (Å²) in [5.74, 6) is -1.21. The zero-order valence-electron chi connectivity index (χ0n) is 16.4. The van der Waals surface area contributed by atoms with Crippen LogP contribution in [0, 0.1) is 11.6 Å². The molecule has 8 heteroatoms. The van der Waals surface area contributed by atoms with Crippen LogP contribution in [0.25, 0.3) is 0 Å². The van der Waals surface area contributed by atoms with Crippen LogP contribution in [0.1, 0.15) is 57.3 Å². The molecule has 2 rings (SSSR count). The Morgan fingerprint density at radius 1 is 1.29 bits per heavy atom. The topological polar surface area (TPSA) is 76.4 Å². The highest BCUT2D eigenvalue weighted by Gasteiger charge is 2.17. The second kappa shape index (κ2) is 10.2. The van der Waals surface area contributed by atoms with Crippen LogP contribution >= 0.6 is 0 Å². The van der Waals surface area contributed by atoms with Crippen molar-refractivity contribution in [3.05, 3.63) is 53.7 Å². The van der Waals surface area contributed by atoms with Crippen molar-refractivity contribution in [1.82, 2.24) is 15.6 Å². The zero-order valence-corrected chi connectivity index (χ0v) is 16.4. The van der Waals surface area contributed by atoms with Gasteiger partial charge < -0.3 is 19.8 Å². The van der Waals surface area contributed by atoms with E-state index in [1.807, 2.05) is 0 Å². The molecule has 154 valence electrons. The SMILES string of the molecule is CC(C)(C)OC(=O)NCCCCC(NCc1cocn1)c1ccc(F)cc1F. The lowest BCUT2D eigenvalue weighted by molar-refractivity contribution is 0.0527. The van der Waals surface area contributed by atoms with Gasteiger partial charge in [-0.3, -0.25) is 0 Å². The number of unbranched alkanes of at least 4 members (excludes halogenated alkanes) is 1. The van der Waals surface area contributed by atoms with E-state index in [9.17, 15) is 13.6 Å². The minimum Gasteiger partial charge on any atom is -0.451 e. The number of ether oxygens (including phenoxy) is 1. The molecule has 0 radical (unpaired) electrons. The van der Waals surface area contributed by atoms with Crippen molar-refractivity contribution in [2.24, 2.45) is 0 Å². The van der Waals surface area contributed by atoms with Crippen LogP contribution in [0.15, 0.2) is 35.3 Å². The molecule has 1 atom stereocenters. The molecule has 1 heterocycles. The van der Waals surface area contributed by atoms with Crippen molar-refractivity contribution in [3.8, 4) is 0 Å². The summed E-state index contributed by atoms with van der Waals surface area (Å²) in [6.45, 7) is 6.25. The molecule has 0 aliphatic carbocycles. The number of carbonyl (C=O) groups excluding carboxylic acids is 1. The Balaban J connectivity index is 1.86. The minimum atomic E-state index is -0.613. The molecule has 1 aromatic heterocycles. The molecule has 6 nitrogen and oxygen atoms in total. The Kier molecular flexibility index (Phi) is 7.92. The van der Waals surface area contributed by atoms with Gasteiger partial charge in [-0.1, -0.05) is 6.07 Å². The minimum absolute atomic E-state index is 0.321. The largest absolute Gasteiger partial charge is 0.451 e. The monoisotopic (exact) mass is 395 g/mol. The normalized spacial score (nSPS) is 12.6. The van der Waals surface area contributed by atoms with E-state index in [1.165, 1.54) is 24.8 Å². The number of nitrogens with zero attached hydrogens (tertiary/aromatic N) is 1. The fraction of sp³-hybridized carbons (Fsp3) is 0.500. The molecule has 2 aromatic rings. The summed E-state index contributed by atoms with van der Waals surface area (Å²) in [5.41, 5.74) is 0.546. The Labute approximate surface area is 163 Å². The maximum atomic E-state index is 14.2. The van der Waals surface area contributed by atoms with E-state index in [0.29, 0.717) is 37.2 Å². The quantitative estimate of drug-likeness (QED) is 0.612. The number of alkyl carbamates (subject to hydrolysis) is 1. The Morgan fingerprint density at radius 3 is 2.71 bits per heavy atom. The highest BCUT2D eigenvalue weighted by Crippen LogP contribution is 2.23. The molecule has 0 aliphatic heterocycles. The first-order chi connectivity index (χ1) is 13.2. The Hall–Kier alpha value is -2.48. The average Bonchev–Trinajstić information content (AvgIpc) is 3.10. The maximum Gasteiger partial charge on any atom is 0.407 e. The van der Waals surface area contributed by atoms with E-state index in [2.05, 4.69) is 15.6 Å². The molecule has 0 aliphatic rings. The van der Waals surface area contributed by atoms with E-state index in [4.69, 9.17) is 9.15 Å². The fourth-order valence-corrected chi connectivity index (χ4v) is 2.68. The second-order valence-corrected chi connectivity index (χ2v) is 7.50. The summed E-state index contributed by atoms with van der Waals surface area (Å²) >= 11 is 0. The maximum absolute atomic E-state index is 14.2. The van der Waals surface area contributed by atoms with Crippen LogP contribution in [0.5, 0.6) is 0 Å². The summed E-state index contributed by atoms with van der Waals surface area (Å²) < 4.78 is 37.6. The first-order valence-corrected chi connectivity index (χ1v) is 9.27. The van der Waals surface area contributed by atoms with Gasteiger partial charge in [0.25, 0.3) is 0 Å². The van der Waals surface area contributed by atoms with Crippen molar-refractivity contribution in [3.63, 3.8) is 0 Å². The summed E-state index contributed by atoms with van der Waals surface area (Å²) in [4.78, 5) is 15.7. The number of hydrogen-bond acceptors (Lipinski definition) is 5. The zero-order chi connectivity index (χ0) is 20.6. The lowest BCUT2D eigenvalue weighted by Crippen LogP contribution is -2.33. The van der Waals surface area contributed by atoms with E-state index in [1.54, 1.807) is 20.8 Å². The van der Waals surface area contributed by atoms with Crippen LogP contribution in [-0.2, 0) is 11.3 Å². The number of nitrogens with one attached hydrogen (secondary N) is 2. The molecule has 2 N–H and O–H groups in total. The Bertz CT molecular complexity index is 746. The highest BCUT2D eigenvalue weighted by atomic mass is 19.1. The number of rotatable bonds is 9. The molecule has 0 saturated heterocycles. The molecule has 1 amide bonds. The lowest BCUT2D eigenvalue weighted by Gasteiger charge is -2.20. The third kappa shape index (κ3) is 7.64. The molecule has 0 bridgehead atoms. The van der Waals surface area contributed by atoms with Crippen molar-refractivity contribution in [2.45, 2.75) is 58.2 Å². The van der Waals surface area contributed by atoms with Crippen LogP contribution in [0.2, 0.25) is 0 Å². The van der Waals surface area contributed by atoms with Crippen molar-refractivity contribution in [2.75, 3.05) is 6.54 Å². The number of carbonyl (C=O) groups is 1. The van der Waals surface area contributed by atoms with Gasteiger partial charge in [0.2, 0.25) is 0 Å². The van der Waals surface area contributed by atoms with Crippen LogP contribution in [-0.4, -0.2) is 23.2 Å². The van der Waals surface area contributed by atoms with E-state index in [-0.39, 0.29) is 6.04 Å². The first kappa shape index (κ1) is 21.8. The Morgan fingerprint density at radius 2 is 2.07 bits per heavy atom. The molecule has 0 fully saturated rings. The van der Waals surface area contributed by atoms with Gasteiger partial charge in [-0.15, -0.1) is 0 Å². The fourth-order valence-electron chi connectivity index (χ4n) is 2.68. The summed E-state index contributed by atoms with van der Waals surface area (Å²) in [6, 6.07) is 3.25. The molecule has 0 spiro atoms. The van der Waals surface area contributed by atoms with Crippen LogP contribution < -0.4 is 10.6 Å². The van der Waals surface area contributed by atoms with Crippen LogP contribution in [0.4, 0.5) is 13.6 Å². The molecule has 1 unspecified atom stereocenters. The predicted octanol–water partition coefficient (Wildman–Crippen LogP) is 4.48. The van der Waals surface area contributed by atoms with Gasteiger partial charge in [0, 0.05) is 30.8 Å². The van der Waals surface area contributed by atoms with Gasteiger partial charge in [-0.2, -0.15) is 0 Å². The van der Waals surface area contributed by atoms with E-state index >= 15 is 0 Å². The van der Waals surface area contributed by atoms with Gasteiger partial charge in [0.1, 0.15) is 23.5 Å². The smallest absolute Gasteiger partial charge is 0.407 e. The molecule has 28 heavy (non-hydrogen) atoms. The van der Waals surface area contributed by atoms with Gasteiger partial charge in [-0.05, 0) is 46.1 Å². The molecular weight excluding hydrogens is 368 g/mol. The van der Waals surface area contributed by atoms with Gasteiger partial charge in [-0.25, -0.2) is 18.6 Å². The highest BCUT2D eigenvalue weighted by molar-refractivity contribution is 5.67. The van der Waals surface area contributed by atoms with Crippen LogP contribution in [0.3, 0.4) is 0 Å². The third-order valence-electron chi connectivity index (χ3n) is 3.94. The third-order valence-corrected chi connectivity index (χ3v) is 3.94. The predicted molar refractivity (Wildman–Crippen MR) is 101 cm³/mol. The number of amides is 1. The standard InChI is InChI=1S/C20H27F2N3O3/c1-20(2,3)28-19(26)23-9-5-4-6-18(24-11-15-12-27-13-25-15)16-8-7-14(21)10-17(16)22/h7-8,10,12-13,18,24H,4-6,9,11H2,1-3H3,(H,23,26). The van der Waals surface area contributed by atoms with Crippen molar-refractivity contribution < 1.29 is 22.7 Å². The number of oxazole rings is 1. The number of benzene rings is 1. The number of hydrogen-bond donors (Lipinski definition) is 2. The average molecular weight is 395 g/mol. The lowest BCUT2D eigenvalue weighted by atomic mass is 10.00. The number of aromatic nitrogens is 1. The van der Waals surface area contributed by atoms with Crippen molar-refractivity contribution in [1.29, 1.82) is 0 Å². The summed E-state index contributed by atoms with van der Waals surface area (Å²) in [7, 11) is 0. The molecule has 0 saturated carbocycles. The molecule has 1 aromatic carbocycles.